The molecule has 5 nitrogen and oxygen atoms in total. The van der Waals surface area contributed by atoms with Crippen molar-refractivity contribution >= 4 is 35.0 Å². The fraction of sp³-hybridized carbons (Fsp3) is 0.238. The van der Waals surface area contributed by atoms with Gasteiger partial charge in [-0.3, -0.25) is 10.1 Å². The van der Waals surface area contributed by atoms with Crippen LogP contribution in [0, 0.1) is 5.92 Å². The van der Waals surface area contributed by atoms with E-state index in [0.29, 0.717) is 18.3 Å². The maximum atomic E-state index is 12.1. The van der Waals surface area contributed by atoms with Crippen LogP contribution in [0.25, 0.3) is 6.08 Å². The van der Waals surface area contributed by atoms with Crippen molar-refractivity contribution in [3.63, 3.8) is 0 Å². The van der Waals surface area contributed by atoms with Crippen molar-refractivity contribution in [2.75, 3.05) is 19.0 Å². The highest BCUT2D eigenvalue weighted by atomic mass is 32.1. The molecule has 27 heavy (non-hydrogen) atoms. The predicted molar refractivity (Wildman–Crippen MR) is 113 cm³/mol. The molecule has 0 spiro atoms. The van der Waals surface area contributed by atoms with Gasteiger partial charge >= 0.3 is 0 Å². The third-order valence-corrected chi connectivity index (χ3v) is 3.67. The summed E-state index contributed by atoms with van der Waals surface area (Å²) >= 11 is 5.20. The third kappa shape index (κ3) is 7.11. The summed E-state index contributed by atoms with van der Waals surface area (Å²) in [5, 5.41) is 5.81. The van der Waals surface area contributed by atoms with Crippen LogP contribution in [0.5, 0.6) is 11.5 Å². The van der Waals surface area contributed by atoms with E-state index < -0.39 is 0 Å². The van der Waals surface area contributed by atoms with E-state index in [1.54, 1.807) is 13.2 Å². The van der Waals surface area contributed by atoms with Gasteiger partial charge in [0.25, 0.3) is 0 Å². The first-order chi connectivity index (χ1) is 13.0. The second kappa shape index (κ2) is 10.3. The van der Waals surface area contributed by atoms with Gasteiger partial charge in [-0.15, -0.1) is 0 Å². The summed E-state index contributed by atoms with van der Waals surface area (Å²) in [7, 11) is 1.59. The van der Waals surface area contributed by atoms with Gasteiger partial charge in [-0.05, 0) is 42.4 Å². The van der Waals surface area contributed by atoms with Gasteiger partial charge < -0.3 is 14.8 Å². The topological polar surface area (TPSA) is 59.6 Å². The van der Waals surface area contributed by atoms with Gasteiger partial charge in [0.1, 0.15) is 11.5 Å². The Bertz CT molecular complexity index is 819. The van der Waals surface area contributed by atoms with Crippen molar-refractivity contribution in [2.45, 2.75) is 13.8 Å². The number of hydrogen-bond donors (Lipinski definition) is 2. The van der Waals surface area contributed by atoms with E-state index in [0.717, 1.165) is 17.0 Å². The number of carbonyl (C=O) groups is 1. The minimum Gasteiger partial charge on any atom is -0.496 e. The summed E-state index contributed by atoms with van der Waals surface area (Å²) in [5.74, 6) is 1.56. The fourth-order valence-corrected chi connectivity index (χ4v) is 2.43. The molecule has 0 aliphatic rings. The molecule has 0 bridgehead atoms. The molecule has 0 heterocycles. The second-order valence-electron chi connectivity index (χ2n) is 6.25. The molecule has 6 heteroatoms. The maximum absolute atomic E-state index is 12.1. The highest BCUT2D eigenvalue weighted by Crippen LogP contribution is 2.19. The quantitative estimate of drug-likeness (QED) is 0.552. The van der Waals surface area contributed by atoms with Crippen LogP contribution in [0.1, 0.15) is 19.4 Å². The van der Waals surface area contributed by atoms with Gasteiger partial charge in [-0.25, -0.2) is 0 Å². The van der Waals surface area contributed by atoms with Crippen LogP contribution in [0.2, 0.25) is 0 Å². The molecule has 142 valence electrons. The van der Waals surface area contributed by atoms with Crippen LogP contribution >= 0.6 is 12.2 Å². The van der Waals surface area contributed by atoms with Crippen molar-refractivity contribution in [3.8, 4) is 11.5 Å². The Morgan fingerprint density at radius 1 is 1.19 bits per heavy atom. The Balaban J connectivity index is 1.90. The molecule has 0 saturated heterocycles. The van der Waals surface area contributed by atoms with Crippen LogP contribution in [-0.2, 0) is 4.79 Å². The smallest absolute Gasteiger partial charge is 0.250 e. The van der Waals surface area contributed by atoms with E-state index >= 15 is 0 Å². The first-order valence-corrected chi connectivity index (χ1v) is 9.04. The van der Waals surface area contributed by atoms with Gasteiger partial charge in [0.15, 0.2) is 5.11 Å². The van der Waals surface area contributed by atoms with Crippen LogP contribution in [0.3, 0.4) is 0 Å². The lowest BCUT2D eigenvalue weighted by molar-refractivity contribution is -0.115. The second-order valence-corrected chi connectivity index (χ2v) is 6.66. The van der Waals surface area contributed by atoms with Gasteiger partial charge in [0, 0.05) is 23.4 Å². The number of methoxy groups -OCH3 is 1. The number of rotatable bonds is 7. The van der Waals surface area contributed by atoms with E-state index in [-0.39, 0.29) is 11.0 Å². The van der Waals surface area contributed by atoms with Gasteiger partial charge in [-0.1, -0.05) is 38.1 Å². The Labute approximate surface area is 165 Å². The summed E-state index contributed by atoms with van der Waals surface area (Å²) in [6.45, 7) is 4.81. The molecule has 2 rings (SSSR count). The standard InChI is InChI=1S/C21H24N2O3S/c1-15(2)14-26-18-9-6-8-17(13-18)22-21(27)23-20(24)12-11-16-7-4-5-10-19(16)25-3/h4-13,15H,14H2,1-3H3,(H2,22,23,24,27)/b12-11+. The number of benzene rings is 2. The predicted octanol–water partition coefficient (Wildman–Crippen LogP) is 4.26. The number of hydrogen-bond acceptors (Lipinski definition) is 4. The largest absolute Gasteiger partial charge is 0.496 e. The molecule has 2 N–H and O–H groups in total. The lowest BCUT2D eigenvalue weighted by atomic mass is 10.2. The molecular formula is C21H24N2O3S. The number of amides is 1. The zero-order valence-electron chi connectivity index (χ0n) is 15.7. The van der Waals surface area contributed by atoms with Crippen molar-refractivity contribution in [2.24, 2.45) is 5.92 Å². The average Bonchev–Trinajstić information content (AvgIpc) is 2.65. The Kier molecular flexibility index (Phi) is 7.82. The molecule has 2 aromatic rings. The molecule has 0 aliphatic carbocycles. The minimum absolute atomic E-state index is 0.214. The molecule has 0 saturated carbocycles. The molecule has 2 aromatic carbocycles. The molecule has 0 fully saturated rings. The van der Waals surface area contributed by atoms with Crippen LogP contribution < -0.4 is 20.1 Å². The van der Waals surface area contributed by atoms with Gasteiger partial charge in [0.05, 0.1) is 13.7 Å². The molecule has 0 unspecified atom stereocenters. The number of anilines is 1. The number of nitrogens with one attached hydrogen (secondary N) is 2. The summed E-state index contributed by atoms with van der Waals surface area (Å²) in [6.07, 6.45) is 3.09. The highest BCUT2D eigenvalue weighted by molar-refractivity contribution is 7.80. The van der Waals surface area contributed by atoms with Crippen molar-refractivity contribution in [1.82, 2.24) is 5.32 Å². The minimum atomic E-state index is -0.328. The first kappa shape index (κ1) is 20.5. The summed E-state index contributed by atoms with van der Waals surface area (Å²) < 4.78 is 10.9. The number of para-hydroxylation sites is 1. The van der Waals surface area contributed by atoms with Crippen molar-refractivity contribution in [1.29, 1.82) is 0 Å². The fourth-order valence-electron chi connectivity index (χ4n) is 2.21. The van der Waals surface area contributed by atoms with E-state index in [4.69, 9.17) is 21.7 Å². The summed E-state index contributed by atoms with van der Waals surface area (Å²) in [4.78, 5) is 12.1. The summed E-state index contributed by atoms with van der Waals surface area (Å²) in [6, 6.07) is 14.9. The highest BCUT2D eigenvalue weighted by Gasteiger charge is 2.04. The monoisotopic (exact) mass is 384 g/mol. The van der Waals surface area contributed by atoms with E-state index in [9.17, 15) is 4.79 Å². The Hall–Kier alpha value is -2.86. The molecule has 0 aromatic heterocycles. The molecular weight excluding hydrogens is 360 g/mol. The normalized spacial score (nSPS) is 10.7. The van der Waals surface area contributed by atoms with Gasteiger partial charge in [-0.2, -0.15) is 0 Å². The zero-order chi connectivity index (χ0) is 19.6. The zero-order valence-corrected chi connectivity index (χ0v) is 16.5. The summed E-state index contributed by atoms with van der Waals surface area (Å²) in [5.41, 5.74) is 1.55. The molecule has 0 atom stereocenters. The first-order valence-electron chi connectivity index (χ1n) is 8.64. The lowest BCUT2D eigenvalue weighted by Gasteiger charge is -2.12. The van der Waals surface area contributed by atoms with Crippen molar-refractivity contribution < 1.29 is 14.3 Å². The average molecular weight is 385 g/mol. The Morgan fingerprint density at radius 3 is 2.70 bits per heavy atom. The molecule has 0 aliphatic heterocycles. The number of carbonyl (C=O) groups excluding carboxylic acids is 1. The van der Waals surface area contributed by atoms with Gasteiger partial charge in [0.2, 0.25) is 5.91 Å². The number of ether oxygens (including phenoxy) is 2. The SMILES string of the molecule is COc1ccccc1/C=C/C(=O)NC(=S)Nc1cccc(OCC(C)C)c1. The molecule has 1 amide bonds. The number of thiocarbonyl (C=S) groups is 1. The molecule has 0 radical (unpaired) electrons. The van der Waals surface area contributed by atoms with E-state index in [1.165, 1.54) is 6.08 Å². The maximum Gasteiger partial charge on any atom is 0.250 e. The Morgan fingerprint density at radius 2 is 1.96 bits per heavy atom. The van der Waals surface area contributed by atoms with Crippen molar-refractivity contribution in [3.05, 3.63) is 60.2 Å². The third-order valence-electron chi connectivity index (χ3n) is 3.47. The van der Waals surface area contributed by atoms with Crippen LogP contribution in [0.15, 0.2) is 54.6 Å². The van der Waals surface area contributed by atoms with Crippen LogP contribution in [-0.4, -0.2) is 24.7 Å². The lowest BCUT2D eigenvalue weighted by Crippen LogP contribution is -2.32. The van der Waals surface area contributed by atoms with E-state index in [2.05, 4.69) is 24.5 Å². The van der Waals surface area contributed by atoms with E-state index in [1.807, 2.05) is 48.5 Å². The van der Waals surface area contributed by atoms with Crippen LogP contribution in [0.4, 0.5) is 5.69 Å².